The fourth-order valence-corrected chi connectivity index (χ4v) is 3.18. The first-order chi connectivity index (χ1) is 6.15. The number of hydrogen-bond donors (Lipinski definition) is 4. The molecule has 6 heteroatoms. The molecule has 0 aromatic carbocycles. The Morgan fingerprint density at radius 2 is 2.08 bits per heavy atom. The van der Waals surface area contributed by atoms with Crippen molar-refractivity contribution in [1.29, 1.82) is 0 Å². The van der Waals surface area contributed by atoms with Gasteiger partial charge in [0, 0.05) is 17.8 Å². The Morgan fingerprint density at radius 3 is 2.69 bits per heavy atom. The van der Waals surface area contributed by atoms with Gasteiger partial charge in [-0.3, -0.25) is 4.99 Å². The summed E-state index contributed by atoms with van der Waals surface area (Å²) in [7, 11) is 0. The number of rotatable bonds is 1. The number of fused-ring (bicyclic) bond motifs is 1. The van der Waals surface area contributed by atoms with Crippen LogP contribution in [-0.4, -0.2) is 50.6 Å². The highest BCUT2D eigenvalue weighted by Gasteiger charge is 2.52. The van der Waals surface area contributed by atoms with E-state index in [1.54, 1.807) is 0 Å². The molecule has 2 unspecified atom stereocenters. The molecule has 0 aromatic heterocycles. The number of nitrogens with two attached hydrogens (primary N) is 1. The van der Waals surface area contributed by atoms with Crippen molar-refractivity contribution in [2.45, 2.75) is 23.5 Å². The summed E-state index contributed by atoms with van der Waals surface area (Å²) < 4.78 is 0. The van der Waals surface area contributed by atoms with E-state index in [1.165, 1.54) is 11.8 Å². The first-order valence-electron chi connectivity index (χ1n) is 4.12. The molecule has 2 aliphatic rings. The second-order valence-corrected chi connectivity index (χ2v) is 4.57. The summed E-state index contributed by atoms with van der Waals surface area (Å²) in [6.45, 7) is -0.144. The number of aliphatic hydroxyl groups excluding tert-OH is 3. The molecule has 0 saturated heterocycles. The molecule has 1 aliphatic carbocycles. The quantitative estimate of drug-likeness (QED) is 0.401. The molecule has 74 valence electrons. The predicted octanol–water partition coefficient (Wildman–Crippen LogP) is -1.87. The van der Waals surface area contributed by atoms with Crippen LogP contribution in [0.15, 0.2) is 4.99 Å². The molecule has 0 aromatic rings. The summed E-state index contributed by atoms with van der Waals surface area (Å²) in [6.07, 6.45) is -1.78. The number of thioether (sulfide) groups is 1. The van der Waals surface area contributed by atoms with Crippen LogP contribution in [0.25, 0.3) is 0 Å². The maximum atomic E-state index is 9.55. The van der Waals surface area contributed by atoms with Gasteiger partial charge in [-0.2, -0.15) is 0 Å². The molecule has 1 aliphatic heterocycles. The molecule has 5 N–H and O–H groups in total. The molecule has 0 bridgehead atoms. The smallest absolute Gasteiger partial charge is 0.154 e. The van der Waals surface area contributed by atoms with Crippen LogP contribution in [0.1, 0.15) is 0 Å². The number of amidine groups is 1. The molecule has 5 atom stereocenters. The Bertz CT molecular complexity index is 248. The third-order valence-corrected chi connectivity index (χ3v) is 3.89. The highest BCUT2D eigenvalue weighted by molar-refractivity contribution is 8.14. The molecule has 0 amide bonds. The lowest BCUT2D eigenvalue weighted by atomic mass is 10.1. The second kappa shape index (κ2) is 3.13. The van der Waals surface area contributed by atoms with E-state index in [2.05, 4.69) is 4.99 Å². The van der Waals surface area contributed by atoms with Gasteiger partial charge in [-0.05, 0) is 0 Å². The maximum Gasteiger partial charge on any atom is 0.154 e. The fourth-order valence-electron chi connectivity index (χ4n) is 1.93. The zero-order valence-corrected chi connectivity index (χ0v) is 7.68. The molecule has 1 saturated carbocycles. The number of aliphatic hydroxyl groups is 3. The van der Waals surface area contributed by atoms with Gasteiger partial charge in [0.2, 0.25) is 0 Å². The minimum Gasteiger partial charge on any atom is -0.396 e. The third kappa shape index (κ3) is 1.25. The summed E-state index contributed by atoms with van der Waals surface area (Å²) in [5.74, 6) is -0.324. The van der Waals surface area contributed by atoms with E-state index in [9.17, 15) is 10.2 Å². The molecule has 1 fully saturated rings. The Labute approximate surface area is 79.7 Å². The zero-order chi connectivity index (χ0) is 9.59. The summed E-state index contributed by atoms with van der Waals surface area (Å²) >= 11 is 1.32. The van der Waals surface area contributed by atoms with Crippen LogP contribution in [-0.2, 0) is 0 Å². The van der Waals surface area contributed by atoms with Gasteiger partial charge in [0.15, 0.2) is 5.17 Å². The Hall–Kier alpha value is -0.300. The van der Waals surface area contributed by atoms with Gasteiger partial charge in [0.05, 0.1) is 12.1 Å². The fraction of sp³-hybridized carbons (Fsp3) is 0.857. The van der Waals surface area contributed by atoms with Gasteiger partial charge < -0.3 is 21.1 Å². The highest BCUT2D eigenvalue weighted by Crippen LogP contribution is 2.41. The van der Waals surface area contributed by atoms with Gasteiger partial charge in [-0.25, -0.2) is 0 Å². The molecule has 0 radical (unpaired) electrons. The monoisotopic (exact) mass is 204 g/mol. The van der Waals surface area contributed by atoms with Crippen molar-refractivity contribution in [3.8, 4) is 0 Å². The van der Waals surface area contributed by atoms with E-state index in [4.69, 9.17) is 10.8 Å². The molecule has 0 spiro atoms. The van der Waals surface area contributed by atoms with Gasteiger partial charge in [0.1, 0.15) is 6.10 Å². The average molecular weight is 204 g/mol. The minimum absolute atomic E-state index is 0.0741. The average Bonchev–Trinajstić information content (AvgIpc) is 2.54. The lowest BCUT2D eigenvalue weighted by Crippen LogP contribution is -2.31. The number of hydrogen-bond acceptors (Lipinski definition) is 6. The lowest BCUT2D eigenvalue weighted by molar-refractivity contribution is 0.00331. The van der Waals surface area contributed by atoms with Crippen molar-refractivity contribution in [2.75, 3.05) is 6.61 Å². The largest absolute Gasteiger partial charge is 0.396 e. The summed E-state index contributed by atoms with van der Waals surface area (Å²) in [4.78, 5) is 4.02. The minimum atomic E-state index is -0.893. The van der Waals surface area contributed by atoms with E-state index < -0.39 is 12.2 Å². The van der Waals surface area contributed by atoms with Crippen molar-refractivity contribution in [3.05, 3.63) is 0 Å². The van der Waals surface area contributed by atoms with Crippen LogP contribution < -0.4 is 5.73 Å². The Balaban J connectivity index is 2.21. The molecule has 2 rings (SSSR count). The van der Waals surface area contributed by atoms with Crippen LogP contribution in [0.4, 0.5) is 0 Å². The number of aliphatic imine (C=N–C) groups is 1. The number of nitrogens with zero attached hydrogens (tertiary/aromatic N) is 1. The second-order valence-electron chi connectivity index (χ2n) is 3.37. The molecule has 13 heavy (non-hydrogen) atoms. The summed E-state index contributed by atoms with van der Waals surface area (Å²) in [5, 5.41) is 28.4. The molecule has 1 heterocycles. The van der Waals surface area contributed by atoms with Crippen LogP contribution in [0.2, 0.25) is 0 Å². The van der Waals surface area contributed by atoms with Crippen LogP contribution in [0, 0.1) is 5.92 Å². The first kappa shape index (κ1) is 9.26. The van der Waals surface area contributed by atoms with E-state index >= 15 is 0 Å². The van der Waals surface area contributed by atoms with E-state index in [0.717, 1.165) is 0 Å². The third-order valence-electron chi connectivity index (χ3n) is 2.64. The summed E-state index contributed by atoms with van der Waals surface area (Å²) in [5.41, 5.74) is 5.49. The van der Waals surface area contributed by atoms with Crippen LogP contribution in [0.5, 0.6) is 0 Å². The predicted molar refractivity (Wildman–Crippen MR) is 49.4 cm³/mol. The maximum absolute atomic E-state index is 9.55. The van der Waals surface area contributed by atoms with Gasteiger partial charge >= 0.3 is 0 Å². The van der Waals surface area contributed by atoms with Crippen molar-refractivity contribution in [1.82, 2.24) is 0 Å². The van der Waals surface area contributed by atoms with E-state index in [1.807, 2.05) is 0 Å². The van der Waals surface area contributed by atoms with Gasteiger partial charge in [-0.15, -0.1) is 0 Å². The van der Waals surface area contributed by atoms with Crippen molar-refractivity contribution in [2.24, 2.45) is 16.6 Å². The SMILES string of the molecule is NC1=NC2C(S1)[C@H](CO)[C@@H](O)[C@@H]2O. The van der Waals surface area contributed by atoms with Crippen molar-refractivity contribution in [3.63, 3.8) is 0 Å². The molecular formula is C7H12N2O3S. The van der Waals surface area contributed by atoms with Crippen LogP contribution in [0.3, 0.4) is 0 Å². The van der Waals surface area contributed by atoms with E-state index in [-0.39, 0.29) is 23.8 Å². The lowest BCUT2D eigenvalue weighted by Gasteiger charge is -2.16. The normalized spacial score (nSPS) is 49.2. The van der Waals surface area contributed by atoms with Crippen LogP contribution >= 0.6 is 11.8 Å². The standard InChI is InChI=1S/C7H12N2O3S/c8-7-9-3-5(12)4(11)2(1-10)6(3)13-7/h2-6,10-12H,1H2,(H2,8,9)/t2-,3?,4-,5-,6?/m1/s1. The van der Waals surface area contributed by atoms with Gasteiger partial charge in [-0.1, -0.05) is 11.8 Å². The summed E-state index contributed by atoms with van der Waals surface area (Å²) in [6, 6.07) is -0.350. The zero-order valence-electron chi connectivity index (χ0n) is 6.87. The Morgan fingerprint density at radius 1 is 1.38 bits per heavy atom. The Kier molecular flexibility index (Phi) is 2.23. The van der Waals surface area contributed by atoms with Crippen molar-refractivity contribution < 1.29 is 15.3 Å². The highest BCUT2D eigenvalue weighted by atomic mass is 32.2. The topological polar surface area (TPSA) is 99.1 Å². The first-order valence-corrected chi connectivity index (χ1v) is 5.00. The molecule has 5 nitrogen and oxygen atoms in total. The van der Waals surface area contributed by atoms with E-state index in [0.29, 0.717) is 5.17 Å². The molecular weight excluding hydrogens is 192 g/mol. The van der Waals surface area contributed by atoms with Crippen molar-refractivity contribution >= 4 is 16.9 Å². The van der Waals surface area contributed by atoms with Gasteiger partial charge in [0.25, 0.3) is 0 Å².